The Labute approximate surface area is 186 Å². The summed E-state index contributed by atoms with van der Waals surface area (Å²) in [6, 6.07) is 4.83. The van der Waals surface area contributed by atoms with E-state index in [1.807, 2.05) is 26.0 Å². The zero-order valence-corrected chi connectivity index (χ0v) is 18.3. The molecule has 1 aliphatic heterocycles. The topological polar surface area (TPSA) is 145 Å². The molecule has 1 aromatic rings. The maximum absolute atomic E-state index is 12.8. The number of aryl methyl sites for hydroxylation is 1. The van der Waals surface area contributed by atoms with Gasteiger partial charge in [-0.25, -0.2) is 0 Å². The van der Waals surface area contributed by atoms with Gasteiger partial charge in [0.25, 0.3) is 0 Å². The van der Waals surface area contributed by atoms with E-state index in [2.05, 4.69) is 10.6 Å². The summed E-state index contributed by atoms with van der Waals surface area (Å²) in [6.07, 6.45) is 1.18. The lowest BCUT2D eigenvalue weighted by molar-refractivity contribution is -0.135. The number of hydrogen-bond donors (Lipinski definition) is 4. The summed E-state index contributed by atoms with van der Waals surface area (Å²) in [7, 11) is 0. The number of ether oxygens (including phenoxy) is 1. The molecule has 3 unspecified atom stereocenters. The molecule has 32 heavy (non-hydrogen) atoms. The first-order chi connectivity index (χ1) is 15.2. The molecule has 4 N–H and O–H groups in total. The molecule has 9 nitrogen and oxygen atoms in total. The van der Waals surface area contributed by atoms with Crippen molar-refractivity contribution in [2.24, 2.45) is 11.8 Å². The summed E-state index contributed by atoms with van der Waals surface area (Å²) in [5, 5.41) is 24.2. The first-order valence-corrected chi connectivity index (χ1v) is 10.8. The van der Waals surface area contributed by atoms with Crippen LogP contribution in [0.5, 0.6) is 0 Å². The third-order valence-electron chi connectivity index (χ3n) is 5.97. The predicted octanol–water partition coefficient (Wildman–Crippen LogP) is -0.230. The number of epoxide rings is 1. The maximum atomic E-state index is 12.8. The number of fused-ring (bicyclic) bond motifs is 1. The molecule has 1 saturated heterocycles. The number of rotatable bonds is 10. The SMILES string of the molecule is CC(C)CC(NC(=O)[C@H](CO)NC(=O)C1CCc2ccccc2C1=O)C(=O)C1(CO)CO1. The van der Waals surface area contributed by atoms with Crippen molar-refractivity contribution in [3.63, 3.8) is 0 Å². The molecular weight excluding hydrogens is 416 g/mol. The van der Waals surface area contributed by atoms with Gasteiger partial charge in [-0.2, -0.15) is 0 Å². The van der Waals surface area contributed by atoms with Crippen LogP contribution in [0.15, 0.2) is 24.3 Å². The van der Waals surface area contributed by atoms with Crippen LogP contribution in [0.2, 0.25) is 0 Å². The average Bonchev–Trinajstić information content (AvgIpc) is 3.57. The molecule has 3 rings (SSSR count). The van der Waals surface area contributed by atoms with Crippen LogP contribution in [-0.4, -0.2) is 71.1 Å². The van der Waals surface area contributed by atoms with Crippen molar-refractivity contribution in [3.8, 4) is 0 Å². The number of Topliss-reactive ketones (excluding diaryl/α,β-unsaturated/α-hetero) is 2. The zero-order chi connectivity index (χ0) is 23.5. The van der Waals surface area contributed by atoms with Gasteiger partial charge in [0, 0.05) is 5.56 Å². The molecule has 4 atom stereocenters. The van der Waals surface area contributed by atoms with E-state index in [1.54, 1.807) is 12.1 Å². The molecule has 0 spiro atoms. The van der Waals surface area contributed by atoms with Crippen molar-refractivity contribution in [3.05, 3.63) is 35.4 Å². The van der Waals surface area contributed by atoms with Crippen LogP contribution >= 0.6 is 0 Å². The molecule has 174 valence electrons. The monoisotopic (exact) mass is 446 g/mol. The van der Waals surface area contributed by atoms with E-state index < -0.39 is 54.4 Å². The van der Waals surface area contributed by atoms with Crippen molar-refractivity contribution >= 4 is 23.4 Å². The minimum atomic E-state index is -1.32. The number of ketones is 2. The first kappa shape index (κ1) is 24.0. The van der Waals surface area contributed by atoms with E-state index in [4.69, 9.17) is 4.74 Å². The van der Waals surface area contributed by atoms with Gasteiger partial charge in [-0.3, -0.25) is 19.2 Å². The van der Waals surface area contributed by atoms with Crippen LogP contribution in [0.25, 0.3) is 0 Å². The minimum absolute atomic E-state index is 0.0563. The molecular formula is C23H30N2O7. The van der Waals surface area contributed by atoms with Gasteiger partial charge in [0.1, 0.15) is 12.0 Å². The molecule has 0 aromatic heterocycles. The molecule has 2 amide bonds. The fourth-order valence-corrected chi connectivity index (χ4v) is 4.01. The number of amides is 2. The molecule has 2 aliphatic rings. The van der Waals surface area contributed by atoms with Gasteiger partial charge in [-0.15, -0.1) is 0 Å². The van der Waals surface area contributed by atoms with E-state index in [9.17, 15) is 29.4 Å². The smallest absolute Gasteiger partial charge is 0.245 e. The van der Waals surface area contributed by atoms with Gasteiger partial charge in [-0.05, 0) is 30.7 Å². The number of hydrogen-bond acceptors (Lipinski definition) is 7. The van der Waals surface area contributed by atoms with E-state index in [0.29, 0.717) is 24.8 Å². The highest BCUT2D eigenvalue weighted by Gasteiger charge is 2.54. The molecule has 0 bridgehead atoms. The van der Waals surface area contributed by atoms with Gasteiger partial charge in [0.05, 0.1) is 25.9 Å². The molecule has 0 saturated carbocycles. The lowest BCUT2D eigenvalue weighted by atomic mass is 9.82. The maximum Gasteiger partial charge on any atom is 0.245 e. The lowest BCUT2D eigenvalue weighted by Crippen LogP contribution is -2.56. The molecule has 9 heteroatoms. The van der Waals surface area contributed by atoms with Crippen molar-refractivity contribution in [2.75, 3.05) is 19.8 Å². The normalized spacial score (nSPS) is 23.8. The lowest BCUT2D eigenvalue weighted by Gasteiger charge is -2.26. The van der Waals surface area contributed by atoms with Gasteiger partial charge >= 0.3 is 0 Å². The fraction of sp³-hybridized carbons (Fsp3) is 0.565. The minimum Gasteiger partial charge on any atom is -0.394 e. The number of aliphatic hydroxyl groups is 2. The van der Waals surface area contributed by atoms with Crippen molar-refractivity contribution in [1.29, 1.82) is 0 Å². The Hall–Kier alpha value is -2.62. The second kappa shape index (κ2) is 9.89. The van der Waals surface area contributed by atoms with Crippen LogP contribution in [0, 0.1) is 11.8 Å². The summed E-state index contributed by atoms with van der Waals surface area (Å²) in [4.78, 5) is 51.0. The van der Waals surface area contributed by atoms with E-state index >= 15 is 0 Å². The molecule has 1 aliphatic carbocycles. The van der Waals surface area contributed by atoms with Crippen molar-refractivity contribution in [2.45, 2.75) is 50.8 Å². The molecule has 0 radical (unpaired) electrons. The zero-order valence-electron chi connectivity index (χ0n) is 18.3. The van der Waals surface area contributed by atoms with Crippen LogP contribution in [0.1, 0.15) is 42.6 Å². The Kier molecular flexibility index (Phi) is 7.43. The van der Waals surface area contributed by atoms with Gasteiger partial charge < -0.3 is 25.6 Å². The Balaban J connectivity index is 1.66. The Morgan fingerprint density at radius 2 is 1.84 bits per heavy atom. The van der Waals surface area contributed by atoms with Crippen LogP contribution in [-0.2, 0) is 25.5 Å². The Morgan fingerprint density at radius 1 is 1.16 bits per heavy atom. The summed E-state index contributed by atoms with van der Waals surface area (Å²) in [5.41, 5.74) is 0.0746. The highest BCUT2D eigenvalue weighted by Crippen LogP contribution is 2.30. The second-order valence-electron chi connectivity index (χ2n) is 8.85. The van der Waals surface area contributed by atoms with E-state index in [0.717, 1.165) is 5.56 Å². The predicted molar refractivity (Wildman–Crippen MR) is 114 cm³/mol. The fourth-order valence-electron chi connectivity index (χ4n) is 4.01. The molecule has 1 fully saturated rings. The van der Waals surface area contributed by atoms with Crippen LogP contribution < -0.4 is 10.6 Å². The van der Waals surface area contributed by atoms with Crippen molar-refractivity contribution in [1.82, 2.24) is 10.6 Å². The number of benzene rings is 1. The largest absolute Gasteiger partial charge is 0.394 e. The number of aliphatic hydroxyl groups excluding tert-OH is 2. The highest BCUT2D eigenvalue weighted by molar-refractivity contribution is 6.12. The summed E-state index contributed by atoms with van der Waals surface area (Å²) in [5.74, 6) is -3.02. The molecule has 1 heterocycles. The first-order valence-electron chi connectivity index (χ1n) is 10.8. The van der Waals surface area contributed by atoms with Gasteiger partial charge in [0.15, 0.2) is 17.2 Å². The summed E-state index contributed by atoms with van der Waals surface area (Å²) >= 11 is 0. The number of nitrogens with one attached hydrogen (secondary N) is 2. The summed E-state index contributed by atoms with van der Waals surface area (Å²) in [6.45, 7) is 2.66. The molecule has 1 aromatic carbocycles. The van der Waals surface area contributed by atoms with Gasteiger partial charge in [-0.1, -0.05) is 38.1 Å². The number of carbonyl (C=O) groups is 4. The highest BCUT2D eigenvalue weighted by atomic mass is 16.6. The number of carbonyl (C=O) groups excluding carboxylic acids is 4. The quantitative estimate of drug-likeness (QED) is 0.287. The van der Waals surface area contributed by atoms with Crippen LogP contribution in [0.4, 0.5) is 0 Å². The Morgan fingerprint density at radius 3 is 2.44 bits per heavy atom. The van der Waals surface area contributed by atoms with E-state index in [1.165, 1.54) is 0 Å². The Bertz CT molecular complexity index is 894. The van der Waals surface area contributed by atoms with Crippen molar-refractivity contribution < 1.29 is 34.1 Å². The standard InChI is InChI=1S/C23H30N2O7/c1-13(2)9-17(20(29)23(11-27)12-32-23)24-22(31)18(10-26)25-21(30)16-8-7-14-5-3-4-6-15(14)19(16)28/h3-6,13,16-18,26-27H,7-12H2,1-2H3,(H,24,31)(H,25,30)/t16?,17?,18-,23?/m0/s1. The average molecular weight is 447 g/mol. The van der Waals surface area contributed by atoms with E-state index in [-0.39, 0.29) is 18.3 Å². The van der Waals surface area contributed by atoms with Crippen LogP contribution in [0.3, 0.4) is 0 Å². The summed E-state index contributed by atoms with van der Waals surface area (Å²) < 4.78 is 5.11. The van der Waals surface area contributed by atoms with Gasteiger partial charge in [0.2, 0.25) is 11.8 Å². The third-order valence-corrected chi connectivity index (χ3v) is 5.97. The third kappa shape index (κ3) is 5.06. The second-order valence-corrected chi connectivity index (χ2v) is 8.85.